The standard InChI is InChI=1S/C7H14O2.Mg.2H/c1-6(8)9-5-7(2,3)4;;;/h5H2,1-4H3;;;/q;+2;2*-1. The Morgan fingerprint density at radius 2 is 1.90 bits per heavy atom. The normalized spacial score (nSPS) is 10.0. The van der Waals surface area contributed by atoms with E-state index in [0.29, 0.717) is 6.61 Å². The van der Waals surface area contributed by atoms with Gasteiger partial charge in [-0.1, -0.05) is 20.8 Å². The molecule has 0 unspecified atom stereocenters. The summed E-state index contributed by atoms with van der Waals surface area (Å²) >= 11 is 0. The molecule has 58 valence electrons. The monoisotopic (exact) mass is 156 g/mol. The third-order valence-electron chi connectivity index (χ3n) is 0.708. The fourth-order valence-corrected chi connectivity index (χ4v) is 0.318. The summed E-state index contributed by atoms with van der Waals surface area (Å²) in [6.45, 7) is 8.00. The van der Waals surface area contributed by atoms with Crippen LogP contribution >= 0.6 is 0 Å². The molecule has 2 nitrogen and oxygen atoms in total. The van der Waals surface area contributed by atoms with Gasteiger partial charge in [-0.25, -0.2) is 0 Å². The van der Waals surface area contributed by atoms with E-state index < -0.39 is 0 Å². The summed E-state index contributed by atoms with van der Waals surface area (Å²) in [6, 6.07) is 0. The molecule has 0 bridgehead atoms. The van der Waals surface area contributed by atoms with Gasteiger partial charge in [0, 0.05) is 6.92 Å². The minimum atomic E-state index is -0.204. The van der Waals surface area contributed by atoms with Crippen molar-refractivity contribution in [3.63, 3.8) is 0 Å². The van der Waals surface area contributed by atoms with Crippen LogP contribution in [0.4, 0.5) is 0 Å². The number of ether oxygens (including phenoxy) is 1. The largest absolute Gasteiger partial charge is 2.00 e. The maximum atomic E-state index is 10.3. The Morgan fingerprint density at radius 3 is 2.00 bits per heavy atom. The summed E-state index contributed by atoms with van der Waals surface area (Å²) in [7, 11) is 0. The molecule has 3 heteroatoms. The number of carbonyl (C=O) groups excluding carboxylic acids is 1. The number of rotatable bonds is 1. The van der Waals surface area contributed by atoms with E-state index in [1.165, 1.54) is 6.92 Å². The third-order valence-corrected chi connectivity index (χ3v) is 0.708. The molecule has 0 atom stereocenters. The molecule has 0 rings (SSSR count). The Hall–Kier alpha value is 0.236. The van der Waals surface area contributed by atoms with Gasteiger partial charge in [-0.2, -0.15) is 0 Å². The van der Waals surface area contributed by atoms with Crippen molar-refractivity contribution in [2.24, 2.45) is 5.41 Å². The molecule has 0 amide bonds. The Morgan fingerprint density at radius 1 is 1.50 bits per heavy atom. The van der Waals surface area contributed by atoms with Crippen LogP contribution in [0.1, 0.15) is 30.5 Å². The van der Waals surface area contributed by atoms with E-state index in [0.717, 1.165) is 0 Å². The fourth-order valence-electron chi connectivity index (χ4n) is 0.318. The molecule has 0 aromatic carbocycles. The van der Waals surface area contributed by atoms with Crippen molar-refractivity contribution in [3.8, 4) is 0 Å². The summed E-state index contributed by atoms with van der Waals surface area (Å²) in [5.74, 6) is -0.204. The quantitative estimate of drug-likeness (QED) is 0.424. The zero-order valence-corrected chi connectivity index (χ0v) is 8.64. The van der Waals surface area contributed by atoms with E-state index in [2.05, 4.69) is 0 Å². The second-order valence-corrected chi connectivity index (χ2v) is 3.34. The topological polar surface area (TPSA) is 26.3 Å². The van der Waals surface area contributed by atoms with Gasteiger partial charge in [0.2, 0.25) is 0 Å². The van der Waals surface area contributed by atoms with Crippen LogP contribution in [-0.4, -0.2) is 35.6 Å². The number of carbonyl (C=O) groups is 1. The average molecular weight is 157 g/mol. The van der Waals surface area contributed by atoms with Gasteiger partial charge in [-0.15, -0.1) is 0 Å². The van der Waals surface area contributed by atoms with Gasteiger partial charge in [-0.05, 0) is 5.41 Å². The van der Waals surface area contributed by atoms with Gasteiger partial charge in [-0.3, -0.25) is 4.79 Å². The van der Waals surface area contributed by atoms with Crippen LogP contribution in [0, 0.1) is 5.41 Å². The second-order valence-electron chi connectivity index (χ2n) is 3.34. The SMILES string of the molecule is CC(=O)OCC(C)(C)C.[H-].[H-].[Mg+2]. The van der Waals surface area contributed by atoms with Crippen molar-refractivity contribution in [3.05, 3.63) is 0 Å². The molecule has 0 spiro atoms. The Kier molecular flexibility index (Phi) is 6.39. The number of hydrogen-bond acceptors (Lipinski definition) is 2. The first kappa shape index (κ1) is 12.9. The summed E-state index contributed by atoms with van der Waals surface area (Å²) < 4.78 is 4.77. The Labute approximate surface area is 81.4 Å². The molecule has 0 aliphatic heterocycles. The van der Waals surface area contributed by atoms with Gasteiger partial charge < -0.3 is 7.59 Å². The van der Waals surface area contributed by atoms with E-state index in [9.17, 15) is 4.79 Å². The smallest absolute Gasteiger partial charge is 1.00 e. The summed E-state index contributed by atoms with van der Waals surface area (Å²) in [6.07, 6.45) is 0. The fraction of sp³-hybridized carbons (Fsp3) is 0.857. The molecular formula is C7H16MgO2. The maximum Gasteiger partial charge on any atom is 2.00 e. The maximum absolute atomic E-state index is 10.3. The van der Waals surface area contributed by atoms with Crippen LogP contribution in [0.2, 0.25) is 0 Å². The van der Waals surface area contributed by atoms with Crippen molar-refractivity contribution in [2.45, 2.75) is 27.7 Å². The molecule has 0 N–H and O–H groups in total. The number of hydrogen-bond donors (Lipinski definition) is 0. The Bertz CT molecular complexity index is 112. The van der Waals surface area contributed by atoms with Gasteiger partial charge in [0.25, 0.3) is 0 Å². The van der Waals surface area contributed by atoms with E-state index in [1.807, 2.05) is 20.8 Å². The molecule has 0 aliphatic rings. The summed E-state index contributed by atoms with van der Waals surface area (Å²) in [4.78, 5) is 10.3. The van der Waals surface area contributed by atoms with Crippen LogP contribution < -0.4 is 0 Å². The van der Waals surface area contributed by atoms with E-state index in [4.69, 9.17) is 4.74 Å². The van der Waals surface area contributed by atoms with E-state index in [1.54, 1.807) is 0 Å². The van der Waals surface area contributed by atoms with Crippen molar-refractivity contribution in [2.75, 3.05) is 6.61 Å². The molecule has 0 aromatic heterocycles. The van der Waals surface area contributed by atoms with Crippen LogP contribution in [-0.2, 0) is 9.53 Å². The molecule has 0 saturated carbocycles. The Balaban J connectivity index is -0.000000107. The average Bonchev–Trinajstić information content (AvgIpc) is 1.59. The predicted octanol–water partition coefficient (Wildman–Crippen LogP) is 1.44. The van der Waals surface area contributed by atoms with Crippen molar-refractivity contribution < 1.29 is 12.4 Å². The molecule has 0 aliphatic carbocycles. The zero-order valence-electron chi connectivity index (χ0n) is 9.23. The van der Waals surface area contributed by atoms with E-state index in [-0.39, 0.29) is 37.3 Å². The molecule has 10 heavy (non-hydrogen) atoms. The minimum absolute atomic E-state index is 0. The van der Waals surface area contributed by atoms with Crippen LogP contribution in [0.5, 0.6) is 0 Å². The zero-order chi connectivity index (χ0) is 7.49. The molecule has 0 aromatic rings. The van der Waals surface area contributed by atoms with Gasteiger partial charge in [0.15, 0.2) is 0 Å². The second kappa shape index (κ2) is 4.96. The van der Waals surface area contributed by atoms with Gasteiger partial charge in [0.1, 0.15) is 0 Å². The van der Waals surface area contributed by atoms with Crippen molar-refractivity contribution >= 4 is 29.0 Å². The van der Waals surface area contributed by atoms with Crippen molar-refractivity contribution in [1.29, 1.82) is 0 Å². The minimum Gasteiger partial charge on any atom is -1.00 e. The predicted molar refractivity (Wildman–Crippen MR) is 44.1 cm³/mol. The van der Waals surface area contributed by atoms with Crippen LogP contribution in [0.25, 0.3) is 0 Å². The number of esters is 1. The van der Waals surface area contributed by atoms with Gasteiger partial charge >= 0.3 is 29.0 Å². The van der Waals surface area contributed by atoms with Gasteiger partial charge in [0.05, 0.1) is 6.61 Å². The summed E-state index contributed by atoms with van der Waals surface area (Å²) in [5.41, 5.74) is 0.0890. The third kappa shape index (κ3) is 11.1. The first-order valence-corrected chi connectivity index (χ1v) is 3.05. The molecule has 0 saturated heterocycles. The summed E-state index contributed by atoms with van der Waals surface area (Å²) in [5, 5.41) is 0. The van der Waals surface area contributed by atoms with Crippen LogP contribution in [0.15, 0.2) is 0 Å². The molecule has 0 radical (unpaired) electrons. The molecular weight excluding hydrogens is 140 g/mol. The van der Waals surface area contributed by atoms with Crippen molar-refractivity contribution in [1.82, 2.24) is 0 Å². The van der Waals surface area contributed by atoms with Crippen LogP contribution in [0.3, 0.4) is 0 Å². The molecule has 0 fully saturated rings. The first-order chi connectivity index (χ1) is 3.92. The molecule has 0 heterocycles. The van der Waals surface area contributed by atoms with E-state index >= 15 is 0 Å². The first-order valence-electron chi connectivity index (χ1n) is 3.05.